The van der Waals surface area contributed by atoms with Gasteiger partial charge in [-0.15, -0.1) is 0 Å². The largest absolute Gasteiger partial charge is 0.496 e. The number of fused-ring (bicyclic) bond motifs is 1. The van der Waals surface area contributed by atoms with Gasteiger partial charge in [-0.3, -0.25) is 0 Å². The summed E-state index contributed by atoms with van der Waals surface area (Å²) in [6, 6.07) is 6.16. The van der Waals surface area contributed by atoms with Gasteiger partial charge < -0.3 is 10.1 Å². The van der Waals surface area contributed by atoms with Crippen LogP contribution in [0.3, 0.4) is 0 Å². The Balaban J connectivity index is 2.15. The summed E-state index contributed by atoms with van der Waals surface area (Å²) >= 11 is 0. The molecule has 0 atom stereocenters. The van der Waals surface area contributed by atoms with Gasteiger partial charge in [0.25, 0.3) is 0 Å². The molecule has 3 rings (SSSR count). The number of nitrogens with zero attached hydrogens (tertiary/aromatic N) is 2. The minimum Gasteiger partial charge on any atom is -0.496 e. The van der Waals surface area contributed by atoms with E-state index in [4.69, 9.17) is 14.7 Å². The number of hydrogen-bond acceptors (Lipinski definition) is 4. The van der Waals surface area contributed by atoms with E-state index in [1.807, 2.05) is 6.07 Å². The summed E-state index contributed by atoms with van der Waals surface area (Å²) in [6.07, 6.45) is 1.89. The Kier molecular flexibility index (Phi) is 3.88. The highest BCUT2D eigenvalue weighted by atomic mass is 16.5. The van der Waals surface area contributed by atoms with E-state index in [1.165, 1.54) is 16.8 Å². The summed E-state index contributed by atoms with van der Waals surface area (Å²) in [4.78, 5) is 9.58. The van der Waals surface area contributed by atoms with Crippen molar-refractivity contribution in [3.05, 3.63) is 40.7 Å². The van der Waals surface area contributed by atoms with E-state index < -0.39 is 0 Å². The third kappa shape index (κ3) is 2.63. The van der Waals surface area contributed by atoms with Crippen LogP contribution in [0.2, 0.25) is 0 Å². The lowest BCUT2D eigenvalue weighted by Gasteiger charge is -2.20. The second-order valence-corrected chi connectivity index (χ2v) is 5.40. The van der Waals surface area contributed by atoms with E-state index >= 15 is 0 Å². The Morgan fingerprint density at radius 3 is 2.90 bits per heavy atom. The molecule has 1 N–H and O–H groups in total. The molecule has 0 spiro atoms. The van der Waals surface area contributed by atoms with Crippen molar-refractivity contribution in [2.75, 3.05) is 13.7 Å². The number of ether oxygens (including phenoxy) is 1. The van der Waals surface area contributed by atoms with Crippen molar-refractivity contribution < 1.29 is 4.74 Å². The molecule has 0 radical (unpaired) electrons. The summed E-state index contributed by atoms with van der Waals surface area (Å²) in [7, 11) is 1.70. The Morgan fingerprint density at radius 1 is 1.29 bits per heavy atom. The van der Waals surface area contributed by atoms with Gasteiger partial charge in [0.2, 0.25) is 0 Å². The third-order valence-corrected chi connectivity index (χ3v) is 3.95. The molecule has 2 aromatic rings. The van der Waals surface area contributed by atoms with Crippen LogP contribution in [0.25, 0.3) is 11.4 Å². The standard InChI is InChI=1S/C17H21N3O/c1-4-14-13-10-18-8-7-15(13)20-17(19-14)12-6-5-11(2)9-16(12)21-3/h5-6,9,18H,4,7-8,10H2,1-3H3. The summed E-state index contributed by atoms with van der Waals surface area (Å²) in [5.74, 6) is 1.62. The maximum absolute atomic E-state index is 5.51. The van der Waals surface area contributed by atoms with Crippen molar-refractivity contribution in [2.45, 2.75) is 33.2 Å². The first kappa shape index (κ1) is 14.0. The van der Waals surface area contributed by atoms with Crippen LogP contribution >= 0.6 is 0 Å². The van der Waals surface area contributed by atoms with Crippen LogP contribution in [-0.2, 0) is 19.4 Å². The summed E-state index contributed by atoms with van der Waals surface area (Å²) in [5.41, 5.74) is 5.74. The second kappa shape index (κ2) is 5.82. The highest BCUT2D eigenvalue weighted by Gasteiger charge is 2.18. The van der Waals surface area contributed by atoms with Gasteiger partial charge in [-0.1, -0.05) is 13.0 Å². The predicted molar refractivity (Wildman–Crippen MR) is 83.5 cm³/mol. The zero-order chi connectivity index (χ0) is 14.8. The minimum absolute atomic E-state index is 0.782. The second-order valence-electron chi connectivity index (χ2n) is 5.40. The minimum atomic E-state index is 0.782. The molecule has 0 saturated carbocycles. The summed E-state index contributed by atoms with van der Waals surface area (Å²) < 4.78 is 5.51. The van der Waals surface area contributed by atoms with Gasteiger partial charge in [0.05, 0.1) is 18.4 Å². The third-order valence-electron chi connectivity index (χ3n) is 3.95. The first-order chi connectivity index (χ1) is 10.2. The molecule has 1 aliphatic heterocycles. The maximum Gasteiger partial charge on any atom is 0.163 e. The van der Waals surface area contributed by atoms with E-state index in [0.717, 1.165) is 48.8 Å². The van der Waals surface area contributed by atoms with Crippen molar-refractivity contribution in [2.24, 2.45) is 0 Å². The molecule has 0 amide bonds. The fourth-order valence-electron chi connectivity index (χ4n) is 2.81. The van der Waals surface area contributed by atoms with Crippen molar-refractivity contribution in [1.29, 1.82) is 0 Å². The summed E-state index contributed by atoms with van der Waals surface area (Å²) in [6.45, 7) is 6.07. The van der Waals surface area contributed by atoms with E-state index in [2.05, 4.69) is 31.3 Å². The van der Waals surface area contributed by atoms with Gasteiger partial charge in [0.1, 0.15) is 5.75 Å². The van der Waals surface area contributed by atoms with Crippen LogP contribution in [0.15, 0.2) is 18.2 Å². The smallest absolute Gasteiger partial charge is 0.163 e. The lowest BCUT2D eigenvalue weighted by Crippen LogP contribution is -2.26. The first-order valence-corrected chi connectivity index (χ1v) is 7.47. The lowest BCUT2D eigenvalue weighted by molar-refractivity contribution is 0.415. The molecular weight excluding hydrogens is 262 g/mol. The van der Waals surface area contributed by atoms with Gasteiger partial charge in [-0.05, 0) is 31.0 Å². The predicted octanol–water partition coefficient (Wildman–Crippen LogP) is 2.67. The molecule has 110 valence electrons. The average Bonchev–Trinajstić information content (AvgIpc) is 2.53. The number of methoxy groups -OCH3 is 1. The Bertz CT molecular complexity index is 650. The SMILES string of the molecule is CCc1nc(-c2ccc(C)cc2OC)nc2c1CNCC2. The molecule has 2 heterocycles. The fraction of sp³-hybridized carbons (Fsp3) is 0.412. The normalized spacial score (nSPS) is 13.9. The summed E-state index contributed by atoms with van der Waals surface area (Å²) in [5, 5.41) is 3.40. The molecule has 0 unspecified atom stereocenters. The molecule has 4 nitrogen and oxygen atoms in total. The number of aryl methyl sites for hydroxylation is 2. The Labute approximate surface area is 125 Å². The Morgan fingerprint density at radius 2 is 2.14 bits per heavy atom. The first-order valence-electron chi connectivity index (χ1n) is 7.47. The topological polar surface area (TPSA) is 47.0 Å². The van der Waals surface area contributed by atoms with Gasteiger partial charge in [-0.25, -0.2) is 9.97 Å². The monoisotopic (exact) mass is 283 g/mol. The van der Waals surface area contributed by atoms with Crippen LogP contribution in [0.1, 0.15) is 29.4 Å². The van der Waals surface area contributed by atoms with E-state index in [1.54, 1.807) is 7.11 Å². The van der Waals surface area contributed by atoms with Crippen LogP contribution in [0, 0.1) is 6.92 Å². The molecule has 21 heavy (non-hydrogen) atoms. The van der Waals surface area contributed by atoms with Crippen LogP contribution < -0.4 is 10.1 Å². The molecule has 4 heteroatoms. The number of aromatic nitrogens is 2. The molecule has 0 saturated heterocycles. The number of hydrogen-bond donors (Lipinski definition) is 1. The molecule has 0 fully saturated rings. The van der Waals surface area contributed by atoms with Gasteiger partial charge in [0, 0.05) is 30.8 Å². The Hall–Kier alpha value is -1.94. The number of nitrogens with one attached hydrogen (secondary N) is 1. The maximum atomic E-state index is 5.51. The van der Waals surface area contributed by atoms with E-state index in [0.29, 0.717) is 0 Å². The van der Waals surface area contributed by atoms with Crippen molar-refractivity contribution in [3.8, 4) is 17.1 Å². The molecule has 1 aromatic carbocycles. The van der Waals surface area contributed by atoms with Crippen molar-refractivity contribution in [3.63, 3.8) is 0 Å². The van der Waals surface area contributed by atoms with Crippen LogP contribution in [-0.4, -0.2) is 23.6 Å². The molecule has 1 aromatic heterocycles. The molecule has 0 aliphatic carbocycles. The van der Waals surface area contributed by atoms with E-state index in [9.17, 15) is 0 Å². The van der Waals surface area contributed by atoms with Gasteiger partial charge in [-0.2, -0.15) is 0 Å². The number of benzene rings is 1. The zero-order valence-electron chi connectivity index (χ0n) is 12.9. The molecule has 0 bridgehead atoms. The van der Waals surface area contributed by atoms with Crippen molar-refractivity contribution >= 4 is 0 Å². The molecule has 1 aliphatic rings. The lowest BCUT2D eigenvalue weighted by atomic mass is 10.0. The number of rotatable bonds is 3. The fourth-order valence-corrected chi connectivity index (χ4v) is 2.81. The quantitative estimate of drug-likeness (QED) is 0.941. The zero-order valence-corrected chi connectivity index (χ0v) is 12.9. The average molecular weight is 283 g/mol. The van der Waals surface area contributed by atoms with Crippen LogP contribution in [0.5, 0.6) is 5.75 Å². The van der Waals surface area contributed by atoms with Gasteiger partial charge in [0.15, 0.2) is 5.82 Å². The highest BCUT2D eigenvalue weighted by Crippen LogP contribution is 2.30. The van der Waals surface area contributed by atoms with Crippen LogP contribution in [0.4, 0.5) is 0 Å². The van der Waals surface area contributed by atoms with E-state index in [-0.39, 0.29) is 0 Å². The van der Waals surface area contributed by atoms with Crippen molar-refractivity contribution in [1.82, 2.24) is 15.3 Å². The molecular formula is C17H21N3O. The highest BCUT2D eigenvalue weighted by molar-refractivity contribution is 5.65. The van der Waals surface area contributed by atoms with Gasteiger partial charge >= 0.3 is 0 Å².